The predicted molar refractivity (Wildman–Crippen MR) is 122 cm³/mol. The first-order valence-electron chi connectivity index (χ1n) is 11.2. The quantitative estimate of drug-likeness (QED) is 0.485. The maximum atomic E-state index is 14.0. The van der Waals surface area contributed by atoms with E-state index in [0.717, 1.165) is 31.4 Å². The minimum atomic E-state index is 0.0848. The molecule has 4 heterocycles. The number of para-hydroxylation sites is 1. The van der Waals surface area contributed by atoms with E-state index in [1.54, 1.807) is 11.0 Å². The zero-order valence-electron chi connectivity index (χ0n) is 18.1. The Balaban J connectivity index is 1.43. The van der Waals surface area contributed by atoms with Crippen molar-refractivity contribution >= 4 is 5.91 Å². The Labute approximate surface area is 187 Å². The molecule has 2 bridgehead atoms. The Bertz CT molecular complexity index is 1280. The first kappa shape index (κ1) is 19.0. The lowest BCUT2D eigenvalue weighted by atomic mass is 9.80. The van der Waals surface area contributed by atoms with Gasteiger partial charge in [0.25, 0.3) is 5.91 Å². The molecule has 2 aliphatic heterocycles. The lowest BCUT2D eigenvalue weighted by molar-refractivity contribution is 0.0403. The highest BCUT2D eigenvalue weighted by molar-refractivity contribution is 5.98. The van der Waals surface area contributed by atoms with E-state index in [9.17, 15) is 4.79 Å². The van der Waals surface area contributed by atoms with E-state index >= 15 is 0 Å². The summed E-state index contributed by atoms with van der Waals surface area (Å²) in [7, 11) is 2.12. The third-order valence-electron chi connectivity index (χ3n) is 6.94. The van der Waals surface area contributed by atoms with E-state index < -0.39 is 0 Å². The van der Waals surface area contributed by atoms with Crippen molar-refractivity contribution < 1.29 is 4.79 Å². The molecule has 6 heteroatoms. The number of piperidine rings is 1. The highest BCUT2D eigenvalue weighted by atomic mass is 16.2. The van der Waals surface area contributed by atoms with Gasteiger partial charge in [0.2, 0.25) is 0 Å². The first-order chi connectivity index (χ1) is 15.7. The predicted octanol–water partition coefficient (Wildman–Crippen LogP) is 4.56. The molecule has 6 rings (SSSR count). The van der Waals surface area contributed by atoms with Crippen LogP contribution in [0.3, 0.4) is 0 Å². The second-order valence-electron chi connectivity index (χ2n) is 8.76. The van der Waals surface area contributed by atoms with Crippen LogP contribution < -0.4 is 0 Å². The van der Waals surface area contributed by atoms with Crippen molar-refractivity contribution in [1.29, 1.82) is 0 Å². The van der Waals surface area contributed by atoms with Crippen molar-refractivity contribution in [2.75, 3.05) is 0 Å². The van der Waals surface area contributed by atoms with E-state index in [0.29, 0.717) is 5.56 Å². The molecule has 2 aromatic heterocycles. The summed E-state index contributed by atoms with van der Waals surface area (Å²) in [6.07, 6.45) is 9.47. The Morgan fingerprint density at radius 1 is 1.03 bits per heavy atom. The van der Waals surface area contributed by atoms with Crippen molar-refractivity contribution in [2.24, 2.45) is 7.05 Å². The number of amides is 1. The number of hydrogen-bond acceptors (Lipinski definition) is 3. The Morgan fingerprint density at radius 2 is 1.84 bits per heavy atom. The minimum Gasteiger partial charge on any atom is -0.350 e. The van der Waals surface area contributed by atoms with E-state index in [1.165, 1.54) is 28.7 Å². The number of hydrogen-bond donors (Lipinski definition) is 0. The number of benzene rings is 2. The first-order valence-corrected chi connectivity index (χ1v) is 11.2. The fourth-order valence-electron chi connectivity index (χ4n) is 5.63. The maximum absolute atomic E-state index is 14.0. The van der Waals surface area contributed by atoms with Crippen LogP contribution in [0.2, 0.25) is 0 Å². The largest absolute Gasteiger partial charge is 0.350 e. The zero-order valence-corrected chi connectivity index (χ0v) is 18.1. The van der Waals surface area contributed by atoms with Gasteiger partial charge in [-0.05, 0) is 54.5 Å². The molecule has 6 nitrogen and oxygen atoms in total. The molecule has 0 saturated carbocycles. The van der Waals surface area contributed by atoms with Crippen molar-refractivity contribution in [2.45, 2.75) is 37.8 Å². The molecule has 2 unspecified atom stereocenters. The molecule has 160 valence electrons. The molecule has 32 heavy (non-hydrogen) atoms. The van der Waals surface area contributed by atoms with Gasteiger partial charge in [-0.25, -0.2) is 9.67 Å². The monoisotopic (exact) mass is 423 g/mol. The summed E-state index contributed by atoms with van der Waals surface area (Å²) in [5.41, 5.74) is 6.68. The normalized spacial score (nSPS) is 19.6. The number of aryl methyl sites for hydroxylation is 1. The molecule has 0 N–H and O–H groups in total. The van der Waals surface area contributed by atoms with Crippen LogP contribution >= 0.6 is 0 Å². The number of fused-ring (bicyclic) bond motifs is 4. The number of carbonyl (C=O) groups excluding carboxylic acids is 1. The maximum Gasteiger partial charge on any atom is 0.256 e. The molecule has 0 radical (unpaired) electrons. The summed E-state index contributed by atoms with van der Waals surface area (Å²) in [5, 5.41) is 4.26. The Morgan fingerprint density at radius 3 is 2.66 bits per heavy atom. The molecule has 2 aromatic carbocycles. The number of carbonyl (C=O) groups is 1. The topological polar surface area (TPSA) is 56.0 Å². The second-order valence-corrected chi connectivity index (χ2v) is 8.76. The van der Waals surface area contributed by atoms with Gasteiger partial charge in [0, 0.05) is 19.3 Å². The summed E-state index contributed by atoms with van der Waals surface area (Å²) in [4.78, 5) is 20.2. The summed E-state index contributed by atoms with van der Waals surface area (Å²) in [5.74, 6) is 0.0848. The molecule has 0 spiro atoms. The molecule has 0 aliphatic carbocycles. The van der Waals surface area contributed by atoms with Crippen LogP contribution in [0, 0.1) is 0 Å². The lowest BCUT2D eigenvalue weighted by Gasteiger charge is -2.46. The summed E-state index contributed by atoms with van der Waals surface area (Å²) >= 11 is 0. The number of rotatable bonds is 3. The van der Waals surface area contributed by atoms with Crippen LogP contribution in [0.1, 0.15) is 46.8 Å². The van der Waals surface area contributed by atoms with Crippen LogP contribution in [0.15, 0.2) is 73.4 Å². The number of aromatic nitrogens is 4. The van der Waals surface area contributed by atoms with Gasteiger partial charge in [-0.3, -0.25) is 4.79 Å². The van der Waals surface area contributed by atoms with Gasteiger partial charge in [0.1, 0.15) is 12.7 Å². The fraction of sp³-hybridized carbons (Fsp3) is 0.269. The Hall–Kier alpha value is -3.67. The smallest absolute Gasteiger partial charge is 0.256 e. The summed E-state index contributed by atoms with van der Waals surface area (Å²) in [6.45, 7) is 0. The second kappa shape index (κ2) is 7.48. The van der Waals surface area contributed by atoms with Crippen molar-refractivity contribution in [3.63, 3.8) is 0 Å². The van der Waals surface area contributed by atoms with Gasteiger partial charge in [-0.1, -0.05) is 42.5 Å². The van der Waals surface area contributed by atoms with E-state index in [-0.39, 0.29) is 18.0 Å². The molecule has 2 aliphatic rings. The van der Waals surface area contributed by atoms with Gasteiger partial charge < -0.3 is 9.47 Å². The fourth-order valence-corrected chi connectivity index (χ4v) is 5.63. The zero-order chi connectivity index (χ0) is 21.7. The molecular weight excluding hydrogens is 398 g/mol. The molecule has 1 amide bonds. The van der Waals surface area contributed by atoms with Gasteiger partial charge >= 0.3 is 0 Å². The van der Waals surface area contributed by atoms with Gasteiger partial charge in [-0.2, -0.15) is 5.10 Å². The van der Waals surface area contributed by atoms with Gasteiger partial charge in [0.05, 0.1) is 23.0 Å². The van der Waals surface area contributed by atoms with E-state index in [1.807, 2.05) is 24.3 Å². The Kier molecular flexibility index (Phi) is 4.45. The van der Waals surface area contributed by atoms with Crippen LogP contribution in [0.4, 0.5) is 0 Å². The van der Waals surface area contributed by atoms with Crippen molar-refractivity contribution in [1.82, 2.24) is 24.2 Å². The molecule has 1 saturated heterocycles. The third-order valence-corrected chi connectivity index (χ3v) is 6.94. The third kappa shape index (κ3) is 2.90. The average molecular weight is 424 g/mol. The summed E-state index contributed by atoms with van der Waals surface area (Å²) in [6, 6.07) is 18.6. The highest BCUT2D eigenvalue weighted by Gasteiger charge is 2.42. The van der Waals surface area contributed by atoms with E-state index in [2.05, 4.69) is 63.1 Å². The van der Waals surface area contributed by atoms with Gasteiger partial charge in [0.15, 0.2) is 0 Å². The number of nitrogens with zero attached hydrogens (tertiary/aromatic N) is 5. The lowest BCUT2D eigenvalue weighted by Crippen LogP contribution is -2.49. The van der Waals surface area contributed by atoms with Crippen LogP contribution in [-0.2, 0) is 13.5 Å². The van der Waals surface area contributed by atoms with Crippen LogP contribution in [0.25, 0.3) is 16.9 Å². The molecule has 1 fully saturated rings. The van der Waals surface area contributed by atoms with Crippen molar-refractivity contribution in [3.05, 3.63) is 90.1 Å². The molecule has 4 aromatic rings. The minimum absolute atomic E-state index is 0.0848. The standard InChI is InChI=1S/C26H25N5O/c1-29-15-22-21(25(29)18-8-3-2-4-9-18)14-19-10-7-13-24(22)31(19)26(32)20-11-5-6-12-23(20)30-17-27-16-28-30/h2-6,8-9,11-12,15-17,19,24H,7,10,13-14H2,1H3. The van der Waals surface area contributed by atoms with Crippen molar-refractivity contribution in [3.8, 4) is 16.9 Å². The van der Waals surface area contributed by atoms with Crippen LogP contribution in [-0.4, -0.2) is 36.2 Å². The highest BCUT2D eigenvalue weighted by Crippen LogP contribution is 2.46. The van der Waals surface area contributed by atoms with Crippen LogP contribution in [0.5, 0.6) is 0 Å². The summed E-state index contributed by atoms with van der Waals surface area (Å²) < 4.78 is 3.92. The SMILES string of the molecule is Cn1cc2c(c1-c1ccccc1)CC1CCCC2N1C(=O)c1ccccc1-n1cncn1. The molecule has 2 atom stereocenters. The van der Waals surface area contributed by atoms with Gasteiger partial charge in [-0.15, -0.1) is 0 Å². The van der Waals surface area contributed by atoms with E-state index in [4.69, 9.17) is 0 Å². The average Bonchev–Trinajstić information content (AvgIpc) is 3.47. The molecular formula is C26H25N5O.